The van der Waals surface area contributed by atoms with E-state index >= 15 is 0 Å². The van der Waals surface area contributed by atoms with Crippen LogP contribution in [0.2, 0.25) is 0 Å². The number of para-hydroxylation sites is 1. The van der Waals surface area contributed by atoms with E-state index in [1.165, 1.54) is 0 Å². The number of benzene rings is 2. The zero-order chi connectivity index (χ0) is 16.3. The van der Waals surface area contributed by atoms with E-state index in [1.807, 2.05) is 39.0 Å². The number of aryl methyl sites for hydroxylation is 2. The fourth-order valence-corrected chi connectivity index (χ4v) is 2.52. The fourth-order valence-electron chi connectivity index (χ4n) is 2.52. The van der Waals surface area contributed by atoms with E-state index in [0.29, 0.717) is 23.5 Å². The van der Waals surface area contributed by atoms with Crippen molar-refractivity contribution in [3.05, 3.63) is 52.6 Å². The van der Waals surface area contributed by atoms with Crippen molar-refractivity contribution in [3.8, 4) is 17.2 Å². The van der Waals surface area contributed by atoms with Gasteiger partial charge in [-0.15, -0.1) is 0 Å². The molecule has 0 aliphatic heterocycles. The van der Waals surface area contributed by atoms with Crippen LogP contribution in [0.4, 0.5) is 0 Å². The molecule has 0 aliphatic rings. The molecule has 0 bridgehead atoms. The van der Waals surface area contributed by atoms with E-state index in [1.54, 1.807) is 19.2 Å². The minimum Gasteiger partial charge on any atom is -0.493 e. The van der Waals surface area contributed by atoms with Crippen LogP contribution in [0.1, 0.15) is 34.0 Å². The van der Waals surface area contributed by atoms with Crippen LogP contribution in [0.25, 0.3) is 0 Å². The van der Waals surface area contributed by atoms with Crippen molar-refractivity contribution in [1.29, 1.82) is 0 Å². The lowest BCUT2D eigenvalue weighted by molar-refractivity contribution is 0.0999. The molecule has 0 aliphatic carbocycles. The molecule has 2 aromatic carbocycles. The minimum atomic E-state index is -0.467. The summed E-state index contributed by atoms with van der Waals surface area (Å²) in [6.07, 6.45) is 0.621. The number of carbonyl (C=O) groups excluding carboxylic acids is 1. The molecule has 22 heavy (non-hydrogen) atoms. The molecule has 0 saturated carbocycles. The van der Waals surface area contributed by atoms with Crippen LogP contribution in [0.15, 0.2) is 30.3 Å². The Hall–Kier alpha value is -2.49. The van der Waals surface area contributed by atoms with Crippen LogP contribution in [-0.4, -0.2) is 13.0 Å². The summed E-state index contributed by atoms with van der Waals surface area (Å²) in [6, 6.07) is 9.34. The SMILES string of the molecule is CCc1c(C(N)=O)ccc(OC)c1Oc1c(C)cccc1C. The number of primary amides is 1. The Morgan fingerprint density at radius 1 is 1.09 bits per heavy atom. The van der Waals surface area contributed by atoms with Crippen molar-refractivity contribution in [1.82, 2.24) is 0 Å². The second-order valence-electron chi connectivity index (χ2n) is 5.16. The first-order chi connectivity index (χ1) is 10.5. The first kappa shape index (κ1) is 15.9. The molecule has 2 aromatic rings. The topological polar surface area (TPSA) is 61.6 Å². The Morgan fingerprint density at radius 3 is 2.23 bits per heavy atom. The van der Waals surface area contributed by atoms with Gasteiger partial charge in [0, 0.05) is 11.1 Å². The van der Waals surface area contributed by atoms with Crippen LogP contribution in [0.5, 0.6) is 17.2 Å². The Bertz CT molecular complexity index is 687. The average molecular weight is 299 g/mol. The predicted molar refractivity (Wildman–Crippen MR) is 86.9 cm³/mol. The van der Waals surface area contributed by atoms with Gasteiger partial charge in [0.25, 0.3) is 0 Å². The number of methoxy groups -OCH3 is 1. The van der Waals surface area contributed by atoms with Gasteiger partial charge in [0.15, 0.2) is 11.5 Å². The van der Waals surface area contributed by atoms with Gasteiger partial charge in [0.05, 0.1) is 7.11 Å². The Morgan fingerprint density at radius 2 is 1.73 bits per heavy atom. The van der Waals surface area contributed by atoms with Crippen LogP contribution in [0, 0.1) is 13.8 Å². The normalized spacial score (nSPS) is 10.4. The van der Waals surface area contributed by atoms with E-state index in [9.17, 15) is 4.79 Å². The molecule has 0 radical (unpaired) electrons. The number of rotatable bonds is 5. The number of ether oxygens (including phenoxy) is 2. The Labute approximate surface area is 130 Å². The van der Waals surface area contributed by atoms with Gasteiger partial charge in [-0.2, -0.15) is 0 Å². The molecule has 2 rings (SSSR count). The van der Waals surface area contributed by atoms with Gasteiger partial charge < -0.3 is 15.2 Å². The standard InChI is InChI=1S/C18H21NO3/c1-5-13-14(18(19)20)9-10-15(21-4)17(13)22-16-11(2)7-6-8-12(16)3/h6-10H,5H2,1-4H3,(H2,19,20). The summed E-state index contributed by atoms with van der Waals surface area (Å²) in [5, 5.41) is 0. The van der Waals surface area contributed by atoms with Crippen molar-refractivity contribution < 1.29 is 14.3 Å². The number of carbonyl (C=O) groups is 1. The second-order valence-corrected chi connectivity index (χ2v) is 5.16. The summed E-state index contributed by atoms with van der Waals surface area (Å²) in [5.41, 5.74) is 8.73. The number of hydrogen-bond donors (Lipinski definition) is 1. The van der Waals surface area contributed by atoms with Gasteiger partial charge in [-0.25, -0.2) is 0 Å². The van der Waals surface area contributed by atoms with E-state index < -0.39 is 5.91 Å². The molecule has 1 amide bonds. The summed E-state index contributed by atoms with van der Waals surface area (Å²) in [6.45, 7) is 5.93. The largest absolute Gasteiger partial charge is 0.493 e. The third-order valence-electron chi connectivity index (χ3n) is 3.68. The Kier molecular flexibility index (Phi) is 4.71. The number of nitrogens with two attached hydrogens (primary N) is 1. The maximum absolute atomic E-state index is 11.6. The highest BCUT2D eigenvalue weighted by molar-refractivity contribution is 5.95. The lowest BCUT2D eigenvalue weighted by Gasteiger charge is -2.18. The van der Waals surface area contributed by atoms with Gasteiger partial charge >= 0.3 is 0 Å². The Balaban J connectivity index is 2.62. The average Bonchev–Trinajstić information content (AvgIpc) is 2.49. The van der Waals surface area contributed by atoms with Crippen LogP contribution in [0.3, 0.4) is 0 Å². The lowest BCUT2D eigenvalue weighted by atomic mass is 10.0. The maximum Gasteiger partial charge on any atom is 0.249 e. The number of hydrogen-bond acceptors (Lipinski definition) is 3. The summed E-state index contributed by atoms with van der Waals surface area (Å²) in [4.78, 5) is 11.6. The molecule has 0 fully saturated rings. The smallest absolute Gasteiger partial charge is 0.249 e. The fraction of sp³-hybridized carbons (Fsp3) is 0.278. The molecule has 0 spiro atoms. The van der Waals surface area contributed by atoms with Crippen molar-refractivity contribution in [2.24, 2.45) is 5.73 Å². The zero-order valence-corrected chi connectivity index (χ0v) is 13.4. The minimum absolute atomic E-state index is 0.463. The van der Waals surface area contributed by atoms with E-state index in [2.05, 4.69) is 0 Å². The first-order valence-electron chi connectivity index (χ1n) is 7.23. The second kappa shape index (κ2) is 6.52. The van der Waals surface area contributed by atoms with E-state index in [0.717, 1.165) is 22.4 Å². The van der Waals surface area contributed by atoms with Crippen LogP contribution >= 0.6 is 0 Å². The summed E-state index contributed by atoms with van der Waals surface area (Å²) in [7, 11) is 1.58. The highest BCUT2D eigenvalue weighted by Gasteiger charge is 2.19. The maximum atomic E-state index is 11.6. The van der Waals surface area contributed by atoms with Crippen molar-refractivity contribution in [3.63, 3.8) is 0 Å². The first-order valence-corrected chi connectivity index (χ1v) is 7.23. The van der Waals surface area contributed by atoms with Gasteiger partial charge in [0.1, 0.15) is 5.75 Å². The molecule has 0 heterocycles. The van der Waals surface area contributed by atoms with Crippen LogP contribution < -0.4 is 15.2 Å². The van der Waals surface area contributed by atoms with Gasteiger partial charge in [0.2, 0.25) is 5.91 Å². The molecule has 4 heteroatoms. The molecule has 0 atom stereocenters. The molecular weight excluding hydrogens is 278 g/mol. The molecule has 4 nitrogen and oxygen atoms in total. The number of amides is 1. The molecule has 0 unspecified atom stereocenters. The van der Waals surface area contributed by atoms with E-state index in [-0.39, 0.29) is 0 Å². The quantitative estimate of drug-likeness (QED) is 0.914. The van der Waals surface area contributed by atoms with Crippen molar-refractivity contribution >= 4 is 5.91 Å². The van der Waals surface area contributed by atoms with Crippen molar-refractivity contribution in [2.45, 2.75) is 27.2 Å². The molecule has 0 aromatic heterocycles. The zero-order valence-electron chi connectivity index (χ0n) is 13.4. The third-order valence-corrected chi connectivity index (χ3v) is 3.68. The third kappa shape index (κ3) is 2.91. The lowest BCUT2D eigenvalue weighted by Crippen LogP contribution is -2.14. The van der Waals surface area contributed by atoms with E-state index in [4.69, 9.17) is 15.2 Å². The van der Waals surface area contributed by atoms with Crippen molar-refractivity contribution in [2.75, 3.05) is 7.11 Å². The molecular formula is C18H21NO3. The van der Waals surface area contributed by atoms with Gasteiger partial charge in [-0.1, -0.05) is 25.1 Å². The predicted octanol–water partition coefficient (Wildman–Crippen LogP) is 3.77. The summed E-state index contributed by atoms with van der Waals surface area (Å²) < 4.78 is 11.5. The van der Waals surface area contributed by atoms with Crippen LogP contribution in [-0.2, 0) is 6.42 Å². The highest BCUT2D eigenvalue weighted by Crippen LogP contribution is 2.39. The molecule has 116 valence electrons. The summed E-state index contributed by atoms with van der Waals surface area (Å²) >= 11 is 0. The summed E-state index contributed by atoms with van der Waals surface area (Å²) in [5.74, 6) is 1.45. The van der Waals surface area contributed by atoms with Gasteiger partial charge in [-0.3, -0.25) is 4.79 Å². The molecule has 0 saturated heterocycles. The highest BCUT2D eigenvalue weighted by atomic mass is 16.5. The monoisotopic (exact) mass is 299 g/mol. The molecule has 2 N–H and O–H groups in total. The van der Waals surface area contributed by atoms with Gasteiger partial charge in [-0.05, 0) is 43.5 Å².